The summed E-state index contributed by atoms with van der Waals surface area (Å²) in [7, 11) is 0. The zero-order chi connectivity index (χ0) is 7.68. The van der Waals surface area contributed by atoms with Crippen LogP contribution in [0.15, 0.2) is 28.9 Å². The number of carbonyl (C=O) groups is 1. The molecule has 0 bridgehead atoms. The van der Waals surface area contributed by atoms with Gasteiger partial charge in [0.1, 0.15) is 6.29 Å². The molecule has 2 rings (SSSR count). The molecule has 2 atom stereocenters. The number of allylic oxidation sites excluding steroid dienone is 2. The standard InChI is InChI=1S/C8H8N2O/c11-5-6-1-2-8-7(3-6)4-9-10-8/h1-5,7-8,10H. The third kappa shape index (κ3) is 0.981. The van der Waals surface area contributed by atoms with E-state index in [1.807, 2.05) is 24.4 Å². The Hall–Kier alpha value is -1.38. The van der Waals surface area contributed by atoms with Gasteiger partial charge in [-0.25, -0.2) is 0 Å². The Kier molecular flexibility index (Phi) is 1.35. The summed E-state index contributed by atoms with van der Waals surface area (Å²) in [6.45, 7) is 0. The zero-order valence-electron chi connectivity index (χ0n) is 5.90. The Morgan fingerprint density at radius 1 is 1.64 bits per heavy atom. The molecule has 0 aromatic heterocycles. The first-order valence-electron chi connectivity index (χ1n) is 3.54. The Balaban J connectivity index is 2.26. The molecule has 11 heavy (non-hydrogen) atoms. The van der Waals surface area contributed by atoms with Gasteiger partial charge in [0.15, 0.2) is 0 Å². The molecule has 3 nitrogen and oxygen atoms in total. The Morgan fingerprint density at radius 3 is 3.36 bits per heavy atom. The second kappa shape index (κ2) is 2.34. The Morgan fingerprint density at radius 2 is 2.55 bits per heavy atom. The molecule has 0 amide bonds. The average Bonchev–Trinajstić information content (AvgIpc) is 2.50. The highest BCUT2D eigenvalue weighted by Gasteiger charge is 2.22. The molecular weight excluding hydrogens is 140 g/mol. The summed E-state index contributed by atoms with van der Waals surface area (Å²) in [5.74, 6) is 0.264. The summed E-state index contributed by atoms with van der Waals surface area (Å²) in [6, 6.07) is 0.263. The molecule has 0 saturated carbocycles. The smallest absolute Gasteiger partial charge is 0.149 e. The maximum Gasteiger partial charge on any atom is 0.149 e. The minimum Gasteiger partial charge on any atom is -0.302 e. The second-order valence-electron chi connectivity index (χ2n) is 2.65. The van der Waals surface area contributed by atoms with Crippen LogP contribution in [-0.2, 0) is 4.79 Å². The lowest BCUT2D eigenvalue weighted by Gasteiger charge is -2.14. The van der Waals surface area contributed by atoms with E-state index in [0.29, 0.717) is 0 Å². The van der Waals surface area contributed by atoms with Crippen molar-refractivity contribution in [2.24, 2.45) is 11.0 Å². The fraction of sp³-hybridized carbons (Fsp3) is 0.250. The first-order chi connectivity index (χ1) is 5.40. The molecule has 1 aliphatic heterocycles. The molecule has 0 fully saturated rings. The zero-order valence-corrected chi connectivity index (χ0v) is 5.90. The summed E-state index contributed by atoms with van der Waals surface area (Å²) in [6.07, 6.45) is 8.37. The largest absolute Gasteiger partial charge is 0.302 e. The predicted molar refractivity (Wildman–Crippen MR) is 42.2 cm³/mol. The van der Waals surface area contributed by atoms with Gasteiger partial charge < -0.3 is 5.43 Å². The number of hydrogen-bond donors (Lipinski definition) is 1. The first-order valence-corrected chi connectivity index (χ1v) is 3.54. The highest BCUT2D eigenvalue weighted by Crippen LogP contribution is 2.17. The molecular formula is C8H8N2O. The fourth-order valence-corrected chi connectivity index (χ4v) is 1.28. The molecule has 0 saturated heterocycles. The molecule has 0 aromatic carbocycles. The summed E-state index contributed by atoms with van der Waals surface area (Å²) >= 11 is 0. The van der Waals surface area contributed by atoms with Crippen LogP contribution in [0, 0.1) is 5.92 Å². The summed E-state index contributed by atoms with van der Waals surface area (Å²) < 4.78 is 0. The molecule has 0 radical (unpaired) electrons. The normalized spacial score (nSPS) is 32.5. The number of nitrogens with one attached hydrogen (secondary N) is 1. The van der Waals surface area contributed by atoms with Crippen molar-refractivity contribution in [3.8, 4) is 0 Å². The van der Waals surface area contributed by atoms with Crippen molar-refractivity contribution < 1.29 is 4.79 Å². The SMILES string of the molecule is O=CC1=CC2C=NNC2C=C1. The third-order valence-corrected chi connectivity index (χ3v) is 1.90. The van der Waals surface area contributed by atoms with Crippen LogP contribution in [0.5, 0.6) is 0 Å². The van der Waals surface area contributed by atoms with Gasteiger partial charge in [-0.2, -0.15) is 5.10 Å². The van der Waals surface area contributed by atoms with Crippen LogP contribution in [0.1, 0.15) is 0 Å². The van der Waals surface area contributed by atoms with E-state index in [4.69, 9.17) is 0 Å². The van der Waals surface area contributed by atoms with E-state index in [-0.39, 0.29) is 12.0 Å². The molecule has 2 unspecified atom stereocenters. The monoisotopic (exact) mass is 148 g/mol. The summed E-state index contributed by atoms with van der Waals surface area (Å²) in [4.78, 5) is 10.4. The highest BCUT2D eigenvalue weighted by molar-refractivity contribution is 5.81. The van der Waals surface area contributed by atoms with Gasteiger partial charge in [-0.1, -0.05) is 18.2 Å². The topological polar surface area (TPSA) is 41.5 Å². The van der Waals surface area contributed by atoms with Gasteiger partial charge in [-0.05, 0) is 0 Å². The minimum atomic E-state index is 0.263. The van der Waals surface area contributed by atoms with E-state index in [2.05, 4.69) is 10.5 Å². The van der Waals surface area contributed by atoms with E-state index < -0.39 is 0 Å². The Labute approximate surface area is 64.5 Å². The van der Waals surface area contributed by atoms with Crippen LogP contribution >= 0.6 is 0 Å². The molecule has 1 heterocycles. The molecule has 1 N–H and O–H groups in total. The van der Waals surface area contributed by atoms with Crippen molar-refractivity contribution in [2.75, 3.05) is 0 Å². The summed E-state index contributed by atoms with van der Waals surface area (Å²) in [5, 5.41) is 3.91. The van der Waals surface area contributed by atoms with Gasteiger partial charge in [0.25, 0.3) is 0 Å². The van der Waals surface area contributed by atoms with Crippen LogP contribution in [-0.4, -0.2) is 18.5 Å². The van der Waals surface area contributed by atoms with Crippen molar-refractivity contribution in [2.45, 2.75) is 6.04 Å². The van der Waals surface area contributed by atoms with Crippen LogP contribution in [0.25, 0.3) is 0 Å². The summed E-state index contributed by atoms with van der Waals surface area (Å²) in [5.41, 5.74) is 3.66. The molecule has 56 valence electrons. The number of carbonyl (C=O) groups excluding carboxylic acids is 1. The van der Waals surface area contributed by atoms with E-state index >= 15 is 0 Å². The van der Waals surface area contributed by atoms with Crippen LogP contribution < -0.4 is 5.43 Å². The lowest BCUT2D eigenvalue weighted by molar-refractivity contribution is -0.104. The van der Waals surface area contributed by atoms with Crippen LogP contribution in [0.4, 0.5) is 0 Å². The lowest BCUT2D eigenvalue weighted by Crippen LogP contribution is -2.25. The van der Waals surface area contributed by atoms with Crippen molar-refractivity contribution in [3.63, 3.8) is 0 Å². The van der Waals surface area contributed by atoms with E-state index in [1.54, 1.807) is 0 Å². The number of hydrazone groups is 1. The van der Waals surface area contributed by atoms with Crippen molar-refractivity contribution in [1.82, 2.24) is 5.43 Å². The lowest BCUT2D eigenvalue weighted by atomic mass is 9.94. The highest BCUT2D eigenvalue weighted by atomic mass is 16.1. The van der Waals surface area contributed by atoms with Crippen molar-refractivity contribution in [3.05, 3.63) is 23.8 Å². The van der Waals surface area contributed by atoms with E-state index in [0.717, 1.165) is 11.9 Å². The number of fused-ring (bicyclic) bond motifs is 1. The maximum atomic E-state index is 10.4. The second-order valence-corrected chi connectivity index (χ2v) is 2.65. The first kappa shape index (κ1) is 6.34. The molecule has 2 aliphatic rings. The maximum absolute atomic E-state index is 10.4. The average molecular weight is 148 g/mol. The molecule has 0 aromatic rings. The number of aldehydes is 1. The molecule has 3 heteroatoms. The van der Waals surface area contributed by atoms with Crippen molar-refractivity contribution >= 4 is 12.5 Å². The third-order valence-electron chi connectivity index (χ3n) is 1.90. The van der Waals surface area contributed by atoms with Crippen molar-refractivity contribution in [1.29, 1.82) is 0 Å². The fourth-order valence-electron chi connectivity index (χ4n) is 1.28. The van der Waals surface area contributed by atoms with Crippen LogP contribution in [0.3, 0.4) is 0 Å². The molecule has 1 aliphatic carbocycles. The quantitative estimate of drug-likeness (QED) is 0.542. The van der Waals surface area contributed by atoms with Gasteiger partial charge >= 0.3 is 0 Å². The molecule has 0 spiro atoms. The van der Waals surface area contributed by atoms with Gasteiger partial charge in [-0.15, -0.1) is 0 Å². The van der Waals surface area contributed by atoms with E-state index in [9.17, 15) is 4.79 Å². The van der Waals surface area contributed by atoms with Crippen LogP contribution in [0.2, 0.25) is 0 Å². The number of hydrogen-bond acceptors (Lipinski definition) is 3. The van der Waals surface area contributed by atoms with E-state index in [1.165, 1.54) is 0 Å². The number of nitrogens with zero attached hydrogens (tertiary/aromatic N) is 1. The Bertz CT molecular complexity index is 265. The van der Waals surface area contributed by atoms with Gasteiger partial charge in [-0.3, -0.25) is 4.79 Å². The minimum absolute atomic E-state index is 0.263. The van der Waals surface area contributed by atoms with Gasteiger partial charge in [0, 0.05) is 17.7 Å². The van der Waals surface area contributed by atoms with Gasteiger partial charge in [0.05, 0.1) is 6.04 Å². The number of rotatable bonds is 1. The van der Waals surface area contributed by atoms with Gasteiger partial charge in [0.2, 0.25) is 0 Å². The predicted octanol–water partition coefficient (Wildman–Crippen LogP) is 0.255.